The van der Waals surface area contributed by atoms with Crippen LogP contribution in [-0.4, -0.2) is 53.4 Å². The van der Waals surface area contributed by atoms with E-state index in [2.05, 4.69) is 19.6 Å². The molecule has 1 spiro atoms. The van der Waals surface area contributed by atoms with E-state index in [4.69, 9.17) is 9.26 Å². The number of hydrogen-bond donors (Lipinski definition) is 2. The summed E-state index contributed by atoms with van der Waals surface area (Å²) in [6, 6.07) is 9.66. The number of carbonyl (C=O) groups is 1. The molecule has 1 fully saturated rings. The maximum Gasteiger partial charge on any atom is 0.249 e. The normalized spacial score (nSPS) is 33.4. The minimum atomic E-state index is -1.99. The van der Waals surface area contributed by atoms with E-state index in [9.17, 15) is 15.0 Å². The van der Waals surface area contributed by atoms with E-state index < -0.39 is 38.1 Å². The minimum absolute atomic E-state index is 0.110. The van der Waals surface area contributed by atoms with Crippen molar-refractivity contribution in [2.24, 2.45) is 5.92 Å². The van der Waals surface area contributed by atoms with Crippen LogP contribution < -0.4 is 0 Å². The lowest BCUT2D eigenvalue weighted by molar-refractivity contribution is -0.277. The Balaban J connectivity index is 1.89. The second-order valence-electron chi connectivity index (χ2n) is 8.54. The van der Waals surface area contributed by atoms with Crippen molar-refractivity contribution in [2.75, 3.05) is 6.61 Å². The van der Waals surface area contributed by atoms with E-state index in [1.165, 1.54) is 5.06 Å². The van der Waals surface area contributed by atoms with Crippen LogP contribution >= 0.6 is 0 Å². The van der Waals surface area contributed by atoms with Gasteiger partial charge in [-0.3, -0.25) is 9.63 Å². The summed E-state index contributed by atoms with van der Waals surface area (Å²) in [5.41, 5.74) is -1.17. The molecule has 0 bridgehead atoms. The van der Waals surface area contributed by atoms with Gasteiger partial charge in [0.25, 0.3) is 0 Å². The SMILES string of the molecule is C[C@H]1[C@@H](O[Si](C)(C)C)[C@]2(C=C[C@@]1(O)CO)CC(=O)N2OCc1ccccc1. The number of hydroxylamine groups is 2. The lowest BCUT2D eigenvalue weighted by atomic mass is 9.66. The van der Waals surface area contributed by atoms with Gasteiger partial charge in [0.1, 0.15) is 17.7 Å². The number of benzene rings is 1. The molecule has 2 N–H and O–H groups in total. The van der Waals surface area contributed by atoms with Gasteiger partial charge in [-0.15, -0.1) is 0 Å². The van der Waals surface area contributed by atoms with Crippen LogP contribution in [0.5, 0.6) is 0 Å². The molecule has 7 heteroatoms. The van der Waals surface area contributed by atoms with Crippen molar-refractivity contribution in [3.8, 4) is 0 Å². The molecule has 1 aliphatic heterocycles. The second kappa shape index (κ2) is 7.14. The van der Waals surface area contributed by atoms with Crippen LogP contribution in [0.1, 0.15) is 18.9 Å². The molecule has 27 heavy (non-hydrogen) atoms. The zero-order chi connectivity index (χ0) is 19.9. The average Bonchev–Trinajstić information content (AvgIpc) is 2.61. The Morgan fingerprint density at radius 3 is 2.44 bits per heavy atom. The summed E-state index contributed by atoms with van der Waals surface area (Å²) in [4.78, 5) is 18.3. The van der Waals surface area contributed by atoms with Crippen LogP contribution in [-0.2, 0) is 20.7 Å². The Labute approximate surface area is 161 Å². The highest BCUT2D eigenvalue weighted by Gasteiger charge is 2.62. The van der Waals surface area contributed by atoms with Gasteiger partial charge in [0, 0.05) is 5.92 Å². The van der Waals surface area contributed by atoms with Crippen LogP contribution in [0.2, 0.25) is 19.6 Å². The van der Waals surface area contributed by atoms with Crippen molar-refractivity contribution in [3.63, 3.8) is 0 Å². The minimum Gasteiger partial charge on any atom is -0.411 e. The van der Waals surface area contributed by atoms with E-state index in [1.807, 2.05) is 37.3 Å². The highest BCUT2D eigenvalue weighted by molar-refractivity contribution is 6.69. The van der Waals surface area contributed by atoms with Gasteiger partial charge in [0.15, 0.2) is 8.32 Å². The molecule has 1 aromatic carbocycles. The van der Waals surface area contributed by atoms with E-state index in [-0.39, 0.29) is 18.9 Å². The number of β-lactam (4-membered cyclic amide) rings is 1. The summed E-state index contributed by atoms with van der Waals surface area (Å²) in [7, 11) is -1.99. The smallest absolute Gasteiger partial charge is 0.249 e. The molecule has 0 aromatic heterocycles. The maximum absolute atomic E-state index is 12.4. The first-order valence-corrected chi connectivity index (χ1v) is 12.7. The second-order valence-corrected chi connectivity index (χ2v) is 13.0. The van der Waals surface area contributed by atoms with Crippen LogP contribution in [0, 0.1) is 5.92 Å². The molecule has 1 heterocycles. The van der Waals surface area contributed by atoms with Crippen molar-refractivity contribution in [3.05, 3.63) is 48.0 Å². The number of rotatable bonds is 6. The molecule has 3 rings (SSSR count). The highest BCUT2D eigenvalue weighted by atomic mass is 28.4. The van der Waals surface area contributed by atoms with E-state index >= 15 is 0 Å². The quantitative estimate of drug-likeness (QED) is 0.442. The molecule has 1 saturated heterocycles. The summed E-state index contributed by atoms with van der Waals surface area (Å²) in [6.07, 6.45) is 3.17. The maximum atomic E-state index is 12.4. The number of hydrogen-bond acceptors (Lipinski definition) is 5. The Bertz CT molecular complexity index is 719. The summed E-state index contributed by atoms with van der Waals surface area (Å²) in [5.74, 6) is -0.503. The molecule has 1 aromatic rings. The third kappa shape index (κ3) is 3.75. The zero-order valence-corrected chi connectivity index (χ0v) is 17.4. The van der Waals surface area contributed by atoms with Crippen molar-refractivity contribution >= 4 is 14.2 Å². The summed E-state index contributed by atoms with van der Waals surface area (Å²) >= 11 is 0. The molecular weight excluding hydrogens is 362 g/mol. The molecule has 0 unspecified atom stereocenters. The van der Waals surface area contributed by atoms with Gasteiger partial charge in [-0.1, -0.05) is 49.4 Å². The Morgan fingerprint density at radius 2 is 1.89 bits per heavy atom. The van der Waals surface area contributed by atoms with E-state index in [0.29, 0.717) is 0 Å². The largest absolute Gasteiger partial charge is 0.411 e. The van der Waals surface area contributed by atoms with Crippen LogP contribution in [0.3, 0.4) is 0 Å². The summed E-state index contributed by atoms with van der Waals surface area (Å²) in [5, 5.41) is 21.9. The number of nitrogens with zero attached hydrogens (tertiary/aromatic N) is 1. The van der Waals surface area contributed by atoms with Crippen molar-refractivity contribution in [2.45, 2.75) is 56.8 Å². The molecule has 4 atom stereocenters. The fraction of sp³-hybridized carbons (Fsp3) is 0.550. The fourth-order valence-corrected chi connectivity index (χ4v) is 4.96. The Hall–Kier alpha value is -1.51. The summed E-state index contributed by atoms with van der Waals surface area (Å²) in [6.45, 7) is 7.94. The monoisotopic (exact) mass is 391 g/mol. The first-order chi connectivity index (χ1) is 12.6. The van der Waals surface area contributed by atoms with Gasteiger partial charge in [0.2, 0.25) is 5.91 Å². The topological polar surface area (TPSA) is 79.2 Å². The number of aliphatic hydroxyl groups excluding tert-OH is 1. The van der Waals surface area contributed by atoms with Crippen molar-refractivity contribution in [1.29, 1.82) is 0 Å². The lowest BCUT2D eigenvalue weighted by Gasteiger charge is -2.58. The number of amides is 1. The first kappa shape index (κ1) is 20.2. The molecular formula is C20H29NO5Si. The predicted octanol–water partition coefficient (Wildman–Crippen LogP) is 2.24. The fourth-order valence-electron chi connectivity index (χ4n) is 3.79. The van der Waals surface area contributed by atoms with Gasteiger partial charge >= 0.3 is 0 Å². The molecule has 1 amide bonds. The van der Waals surface area contributed by atoms with E-state index in [1.54, 1.807) is 12.2 Å². The molecule has 148 valence electrons. The summed E-state index contributed by atoms with van der Waals surface area (Å²) < 4.78 is 6.42. The molecule has 6 nitrogen and oxygen atoms in total. The van der Waals surface area contributed by atoms with Crippen LogP contribution in [0.4, 0.5) is 0 Å². The van der Waals surface area contributed by atoms with Crippen molar-refractivity contribution in [1.82, 2.24) is 5.06 Å². The molecule has 2 aliphatic rings. The average molecular weight is 392 g/mol. The van der Waals surface area contributed by atoms with E-state index in [0.717, 1.165) is 5.56 Å². The van der Waals surface area contributed by atoms with Gasteiger partial charge in [-0.25, -0.2) is 5.06 Å². The predicted molar refractivity (Wildman–Crippen MR) is 104 cm³/mol. The molecule has 1 aliphatic carbocycles. The highest BCUT2D eigenvalue weighted by Crippen LogP contribution is 2.48. The van der Waals surface area contributed by atoms with Gasteiger partial charge < -0.3 is 14.6 Å². The third-order valence-corrected chi connectivity index (χ3v) is 6.33. The zero-order valence-electron chi connectivity index (χ0n) is 16.4. The molecule has 0 radical (unpaired) electrons. The van der Waals surface area contributed by atoms with Crippen LogP contribution in [0.25, 0.3) is 0 Å². The van der Waals surface area contributed by atoms with Crippen molar-refractivity contribution < 1.29 is 24.3 Å². The van der Waals surface area contributed by atoms with Gasteiger partial charge in [0.05, 0.1) is 19.1 Å². The van der Waals surface area contributed by atoms with Crippen LogP contribution in [0.15, 0.2) is 42.5 Å². The Morgan fingerprint density at radius 1 is 1.22 bits per heavy atom. The lowest BCUT2D eigenvalue weighted by Crippen LogP contribution is -2.74. The number of aliphatic hydroxyl groups is 2. The number of carbonyl (C=O) groups excluding carboxylic acids is 1. The Kier molecular flexibility index (Phi) is 5.35. The first-order valence-electron chi connectivity index (χ1n) is 9.33. The molecule has 0 saturated carbocycles. The third-order valence-electron chi connectivity index (χ3n) is 5.37. The van der Waals surface area contributed by atoms with Gasteiger partial charge in [-0.05, 0) is 25.2 Å². The van der Waals surface area contributed by atoms with Gasteiger partial charge in [-0.2, -0.15) is 0 Å². The standard InChI is InChI=1S/C20H29NO5Si/c1-15-18(26-27(2,3)4)19(10-11-20(15,24)14-22)12-17(23)21(19)25-13-16-8-6-5-7-9-16/h5-11,15,18,22,24H,12-14H2,1-4H3/t15-,18+,19-,20+/m0/s1.